The van der Waals surface area contributed by atoms with E-state index in [0.717, 1.165) is 28.0 Å². The number of aromatic hydroxyl groups is 1. The summed E-state index contributed by atoms with van der Waals surface area (Å²) >= 11 is 3.50. The predicted molar refractivity (Wildman–Crippen MR) is 152 cm³/mol. The Morgan fingerprint density at radius 3 is 2.06 bits per heavy atom. The molecule has 4 nitrogen and oxygen atoms in total. The van der Waals surface area contributed by atoms with Crippen molar-refractivity contribution in [3.63, 3.8) is 0 Å². The van der Waals surface area contributed by atoms with E-state index in [1.165, 1.54) is 95.4 Å². The zero-order chi connectivity index (χ0) is 24.7. The lowest BCUT2D eigenvalue weighted by Crippen LogP contribution is -2.36. The molecule has 0 aliphatic rings. The highest BCUT2D eigenvalue weighted by atomic mass is 79.9. The average Bonchev–Trinajstić information content (AvgIpc) is 3.22. The lowest BCUT2D eigenvalue weighted by Gasteiger charge is -2.07. The molecule has 1 aromatic heterocycles. The predicted octanol–water partition coefficient (Wildman–Crippen LogP) is 9.02. The number of rotatable bonds is 18. The van der Waals surface area contributed by atoms with Gasteiger partial charge in [-0.05, 0) is 36.8 Å². The second-order valence-electron chi connectivity index (χ2n) is 9.87. The number of phenols is 1. The Morgan fingerprint density at radius 1 is 0.800 bits per heavy atom. The Kier molecular flexibility index (Phi) is 12.5. The number of nitrogens with one attached hydrogen (secondary N) is 2. The molecule has 3 N–H and O–H groups in total. The molecular weight excluding hydrogens is 498 g/mol. The highest BCUT2D eigenvalue weighted by molar-refractivity contribution is 9.10. The minimum Gasteiger partial charge on any atom is -0.508 e. The minimum atomic E-state index is 0.315. The van der Waals surface area contributed by atoms with Crippen LogP contribution in [0.4, 0.5) is 5.95 Å². The van der Waals surface area contributed by atoms with Gasteiger partial charge in [0.25, 0.3) is 0 Å². The smallest absolute Gasteiger partial charge is 0.356 e. The number of para-hydroxylation sites is 2. The largest absolute Gasteiger partial charge is 0.508 e. The number of benzene rings is 2. The van der Waals surface area contributed by atoms with Crippen molar-refractivity contribution < 1.29 is 9.67 Å². The average molecular weight is 544 g/mol. The summed E-state index contributed by atoms with van der Waals surface area (Å²) in [5.41, 5.74) is 3.24. The Morgan fingerprint density at radius 2 is 1.40 bits per heavy atom. The maximum Gasteiger partial charge on any atom is 0.356 e. The molecule has 0 bridgehead atoms. The number of phenolic OH excluding ortho intramolecular Hbond substituents is 1. The fourth-order valence-corrected chi connectivity index (χ4v) is 5.25. The second-order valence-corrected chi connectivity index (χ2v) is 10.8. The molecule has 0 aliphatic heterocycles. The molecule has 0 fully saturated rings. The maximum atomic E-state index is 10.2. The summed E-state index contributed by atoms with van der Waals surface area (Å²) in [6.45, 7) is 3.85. The molecule has 35 heavy (non-hydrogen) atoms. The zero-order valence-corrected chi connectivity index (χ0v) is 23.2. The summed E-state index contributed by atoms with van der Waals surface area (Å²) in [5.74, 6) is 1.32. The highest BCUT2D eigenvalue weighted by Gasteiger charge is 2.17. The van der Waals surface area contributed by atoms with Gasteiger partial charge in [-0.2, -0.15) is 0 Å². The van der Waals surface area contributed by atoms with E-state index in [1.807, 2.05) is 12.1 Å². The van der Waals surface area contributed by atoms with Gasteiger partial charge >= 0.3 is 5.95 Å². The summed E-state index contributed by atoms with van der Waals surface area (Å²) < 4.78 is 3.32. The van der Waals surface area contributed by atoms with Crippen LogP contribution in [0.1, 0.15) is 102 Å². The summed E-state index contributed by atoms with van der Waals surface area (Å²) in [5, 5.41) is 13.7. The van der Waals surface area contributed by atoms with E-state index in [-0.39, 0.29) is 0 Å². The van der Waals surface area contributed by atoms with Crippen molar-refractivity contribution >= 4 is 32.9 Å². The number of aryl methyl sites for hydroxylation is 1. The van der Waals surface area contributed by atoms with Crippen molar-refractivity contribution in [1.29, 1.82) is 0 Å². The first kappa shape index (κ1) is 27.6. The molecule has 3 aromatic rings. The van der Waals surface area contributed by atoms with Gasteiger partial charge in [0.15, 0.2) is 0 Å². The third-order valence-electron chi connectivity index (χ3n) is 6.94. The Bertz CT molecular complexity index is 1000. The molecule has 0 atom stereocenters. The van der Waals surface area contributed by atoms with Crippen LogP contribution < -0.4 is 9.88 Å². The lowest BCUT2D eigenvalue weighted by molar-refractivity contribution is -0.657. The molecule has 0 aliphatic carbocycles. The molecule has 0 spiro atoms. The van der Waals surface area contributed by atoms with Gasteiger partial charge in [-0.25, -0.2) is 9.55 Å². The van der Waals surface area contributed by atoms with Gasteiger partial charge < -0.3 is 5.11 Å². The van der Waals surface area contributed by atoms with E-state index in [9.17, 15) is 5.11 Å². The van der Waals surface area contributed by atoms with Gasteiger partial charge in [-0.3, -0.25) is 5.32 Å². The number of aromatic amines is 1. The van der Waals surface area contributed by atoms with Crippen LogP contribution in [0.15, 0.2) is 46.9 Å². The number of imidazole rings is 1. The first-order valence-electron chi connectivity index (χ1n) is 13.9. The van der Waals surface area contributed by atoms with Crippen molar-refractivity contribution in [3.8, 4) is 5.75 Å². The number of H-pyrrole nitrogens is 1. The van der Waals surface area contributed by atoms with Crippen molar-refractivity contribution in [2.45, 2.75) is 110 Å². The summed E-state index contributed by atoms with van der Waals surface area (Å²) in [7, 11) is 0. The van der Waals surface area contributed by atoms with Gasteiger partial charge in [0.2, 0.25) is 0 Å². The molecule has 2 aromatic carbocycles. The first-order valence-corrected chi connectivity index (χ1v) is 14.7. The first-order chi connectivity index (χ1) is 17.2. The Hall–Kier alpha value is -2.01. The van der Waals surface area contributed by atoms with Crippen molar-refractivity contribution in [2.24, 2.45) is 0 Å². The monoisotopic (exact) mass is 542 g/mol. The summed E-state index contributed by atoms with van der Waals surface area (Å²) in [4.78, 5) is 3.53. The fraction of sp³-hybridized carbons (Fsp3) is 0.567. The van der Waals surface area contributed by atoms with E-state index < -0.39 is 0 Å². The topological polar surface area (TPSA) is 51.9 Å². The number of hydrogen-bond acceptors (Lipinski definition) is 2. The molecule has 0 radical (unpaired) electrons. The van der Waals surface area contributed by atoms with Crippen LogP contribution >= 0.6 is 15.9 Å². The molecule has 0 amide bonds. The van der Waals surface area contributed by atoms with E-state index >= 15 is 0 Å². The number of halogens is 1. The van der Waals surface area contributed by atoms with Crippen molar-refractivity contribution in [2.75, 3.05) is 5.32 Å². The van der Waals surface area contributed by atoms with Crippen LogP contribution in [-0.4, -0.2) is 10.1 Å². The molecule has 0 saturated carbocycles. The van der Waals surface area contributed by atoms with Crippen LogP contribution in [0.3, 0.4) is 0 Å². The number of unbranched alkanes of at least 4 members (excludes halogenated alkanes) is 13. The summed E-state index contributed by atoms with van der Waals surface area (Å²) in [6.07, 6.45) is 19.3. The number of nitrogens with zero attached hydrogens (tertiary/aromatic N) is 1. The second kappa shape index (κ2) is 15.9. The van der Waals surface area contributed by atoms with Crippen LogP contribution in [0.2, 0.25) is 0 Å². The molecular formula is C30H45BrN3O+. The van der Waals surface area contributed by atoms with Crippen molar-refractivity contribution in [1.82, 2.24) is 4.98 Å². The minimum absolute atomic E-state index is 0.315. The van der Waals surface area contributed by atoms with Gasteiger partial charge in [0.05, 0.1) is 13.1 Å². The number of anilines is 1. The molecule has 5 heteroatoms. The SMILES string of the molecule is CCCCCCCCCCCCCCCC[n+]1c(NCc2cc(Br)ccc2O)[nH]c2ccccc21. The molecule has 3 rings (SSSR count). The number of hydrogen-bond donors (Lipinski definition) is 3. The Balaban J connectivity index is 1.36. The van der Waals surface area contributed by atoms with Gasteiger partial charge in [-0.1, -0.05) is 118 Å². The normalized spacial score (nSPS) is 11.4. The Labute approximate surface area is 220 Å². The van der Waals surface area contributed by atoms with Crippen LogP contribution in [0, 0.1) is 0 Å². The quantitative estimate of drug-likeness (QED) is 0.111. The zero-order valence-electron chi connectivity index (χ0n) is 21.6. The van der Waals surface area contributed by atoms with Gasteiger partial charge in [0, 0.05) is 10.0 Å². The fourth-order valence-electron chi connectivity index (χ4n) is 4.84. The van der Waals surface area contributed by atoms with Gasteiger partial charge in [-0.15, -0.1) is 0 Å². The molecule has 0 unspecified atom stereocenters. The van der Waals surface area contributed by atoms with Crippen molar-refractivity contribution in [3.05, 3.63) is 52.5 Å². The highest BCUT2D eigenvalue weighted by Crippen LogP contribution is 2.23. The summed E-state index contributed by atoms with van der Waals surface area (Å²) in [6, 6.07) is 14.0. The van der Waals surface area contributed by atoms with E-state index in [1.54, 1.807) is 6.07 Å². The molecule has 0 saturated heterocycles. The number of aromatic nitrogens is 2. The van der Waals surface area contributed by atoms with Gasteiger partial charge in [0.1, 0.15) is 16.8 Å². The third kappa shape index (κ3) is 9.51. The van der Waals surface area contributed by atoms with Crippen LogP contribution in [-0.2, 0) is 13.1 Å². The maximum absolute atomic E-state index is 10.2. The lowest BCUT2D eigenvalue weighted by atomic mass is 10.0. The third-order valence-corrected chi connectivity index (χ3v) is 7.43. The van der Waals surface area contributed by atoms with E-state index in [4.69, 9.17) is 0 Å². The molecule has 1 heterocycles. The molecule has 192 valence electrons. The van der Waals surface area contributed by atoms with E-state index in [0.29, 0.717) is 12.3 Å². The standard InChI is InChI=1S/C30H44BrN3O/c1-2-3-4-5-6-7-8-9-10-11-12-13-14-17-22-34-28-19-16-15-18-27(28)33-30(34)32-24-25-23-26(31)20-21-29(25)35/h15-16,18-21,23H,2-14,17,22,24H2,1H3,(H2,32,33,35)/p+1. The number of fused-ring (bicyclic) bond motifs is 1. The van der Waals surface area contributed by atoms with Crippen LogP contribution in [0.5, 0.6) is 5.75 Å². The van der Waals surface area contributed by atoms with E-state index in [2.05, 4.69) is 62.0 Å². The van der Waals surface area contributed by atoms with Crippen LogP contribution in [0.25, 0.3) is 11.0 Å².